The SMILES string of the molecule is COCC(C)N1C(=O)C(c2ccccc2)NC1C. The third-order valence-corrected chi connectivity index (χ3v) is 3.34. The summed E-state index contributed by atoms with van der Waals surface area (Å²) in [5.74, 6) is 0.123. The molecule has 0 saturated carbocycles. The van der Waals surface area contributed by atoms with Crippen LogP contribution in [0.25, 0.3) is 0 Å². The molecule has 0 bridgehead atoms. The Hall–Kier alpha value is -1.39. The Balaban J connectivity index is 2.16. The first-order valence-electron chi connectivity index (χ1n) is 6.27. The van der Waals surface area contributed by atoms with Gasteiger partial charge in [-0.2, -0.15) is 0 Å². The van der Waals surface area contributed by atoms with Crippen molar-refractivity contribution in [3.05, 3.63) is 35.9 Å². The lowest BCUT2D eigenvalue weighted by Gasteiger charge is -2.27. The van der Waals surface area contributed by atoms with Gasteiger partial charge in [-0.1, -0.05) is 30.3 Å². The molecule has 0 aliphatic carbocycles. The Morgan fingerprint density at radius 3 is 2.67 bits per heavy atom. The van der Waals surface area contributed by atoms with E-state index in [1.54, 1.807) is 7.11 Å². The second-order valence-corrected chi connectivity index (χ2v) is 4.74. The van der Waals surface area contributed by atoms with E-state index in [9.17, 15) is 4.79 Å². The number of amides is 1. The van der Waals surface area contributed by atoms with Gasteiger partial charge in [0.15, 0.2) is 0 Å². The number of methoxy groups -OCH3 is 1. The molecule has 1 aromatic rings. The van der Waals surface area contributed by atoms with Gasteiger partial charge in [-0.3, -0.25) is 10.1 Å². The molecule has 3 atom stereocenters. The van der Waals surface area contributed by atoms with Crippen LogP contribution >= 0.6 is 0 Å². The average Bonchev–Trinajstić information content (AvgIpc) is 2.66. The molecule has 4 nitrogen and oxygen atoms in total. The van der Waals surface area contributed by atoms with Crippen LogP contribution in [0.2, 0.25) is 0 Å². The first-order chi connectivity index (χ1) is 8.65. The number of nitrogens with zero attached hydrogens (tertiary/aromatic N) is 1. The van der Waals surface area contributed by atoms with E-state index in [1.165, 1.54) is 0 Å². The molecule has 0 spiro atoms. The van der Waals surface area contributed by atoms with Gasteiger partial charge in [-0.15, -0.1) is 0 Å². The molecule has 1 amide bonds. The van der Waals surface area contributed by atoms with Crippen LogP contribution in [0.1, 0.15) is 25.5 Å². The Morgan fingerprint density at radius 1 is 1.39 bits per heavy atom. The van der Waals surface area contributed by atoms with Crippen LogP contribution < -0.4 is 5.32 Å². The van der Waals surface area contributed by atoms with E-state index >= 15 is 0 Å². The van der Waals surface area contributed by atoms with E-state index < -0.39 is 0 Å². The number of benzene rings is 1. The molecule has 98 valence electrons. The van der Waals surface area contributed by atoms with Crippen LogP contribution in [-0.4, -0.2) is 36.7 Å². The summed E-state index contributed by atoms with van der Waals surface area (Å²) < 4.78 is 5.13. The summed E-state index contributed by atoms with van der Waals surface area (Å²) in [5.41, 5.74) is 1.02. The van der Waals surface area contributed by atoms with Gasteiger partial charge in [0.05, 0.1) is 18.8 Å². The lowest BCUT2D eigenvalue weighted by atomic mass is 10.1. The van der Waals surface area contributed by atoms with Gasteiger partial charge in [0.25, 0.3) is 0 Å². The first kappa shape index (κ1) is 13.1. The highest BCUT2D eigenvalue weighted by Gasteiger charge is 2.39. The van der Waals surface area contributed by atoms with Crippen molar-refractivity contribution in [1.82, 2.24) is 10.2 Å². The fourth-order valence-corrected chi connectivity index (χ4v) is 2.54. The summed E-state index contributed by atoms with van der Waals surface area (Å²) in [5, 5.41) is 3.33. The molecule has 0 aromatic heterocycles. The molecule has 1 saturated heterocycles. The largest absolute Gasteiger partial charge is 0.383 e. The monoisotopic (exact) mass is 248 g/mol. The molecule has 1 heterocycles. The molecule has 3 unspecified atom stereocenters. The Bertz CT molecular complexity index is 408. The molecular weight excluding hydrogens is 228 g/mol. The smallest absolute Gasteiger partial charge is 0.245 e. The van der Waals surface area contributed by atoms with Crippen molar-refractivity contribution in [2.45, 2.75) is 32.1 Å². The van der Waals surface area contributed by atoms with Crippen molar-refractivity contribution in [3.63, 3.8) is 0 Å². The highest BCUT2D eigenvalue weighted by atomic mass is 16.5. The zero-order chi connectivity index (χ0) is 13.1. The maximum absolute atomic E-state index is 12.4. The van der Waals surface area contributed by atoms with Gasteiger partial charge in [0.2, 0.25) is 5.91 Å². The molecule has 1 fully saturated rings. The van der Waals surface area contributed by atoms with Gasteiger partial charge in [0, 0.05) is 7.11 Å². The second-order valence-electron chi connectivity index (χ2n) is 4.74. The quantitative estimate of drug-likeness (QED) is 0.879. The van der Waals surface area contributed by atoms with Crippen LogP contribution in [-0.2, 0) is 9.53 Å². The van der Waals surface area contributed by atoms with E-state index in [2.05, 4.69) is 5.32 Å². The molecule has 0 radical (unpaired) electrons. The minimum absolute atomic E-state index is 0.0351. The molecular formula is C14H20N2O2. The van der Waals surface area contributed by atoms with Crippen molar-refractivity contribution in [1.29, 1.82) is 0 Å². The minimum atomic E-state index is -0.236. The third kappa shape index (κ3) is 2.40. The molecule has 4 heteroatoms. The average molecular weight is 248 g/mol. The summed E-state index contributed by atoms with van der Waals surface area (Å²) >= 11 is 0. The Labute approximate surface area is 108 Å². The predicted octanol–water partition coefficient (Wildman–Crippen LogP) is 1.54. The molecule has 1 aliphatic heterocycles. The van der Waals surface area contributed by atoms with E-state index in [1.807, 2.05) is 49.1 Å². The number of ether oxygens (including phenoxy) is 1. The van der Waals surface area contributed by atoms with Crippen LogP contribution in [0, 0.1) is 0 Å². The molecule has 1 aliphatic rings. The van der Waals surface area contributed by atoms with Crippen molar-refractivity contribution < 1.29 is 9.53 Å². The number of nitrogens with one attached hydrogen (secondary N) is 1. The number of carbonyl (C=O) groups excluding carboxylic acids is 1. The van der Waals surface area contributed by atoms with Gasteiger partial charge in [-0.05, 0) is 19.4 Å². The molecule has 18 heavy (non-hydrogen) atoms. The Kier molecular flexibility index (Phi) is 3.99. The highest BCUT2D eigenvalue weighted by Crippen LogP contribution is 2.25. The number of hydrogen-bond acceptors (Lipinski definition) is 3. The summed E-state index contributed by atoms with van der Waals surface area (Å²) in [6.45, 7) is 4.57. The summed E-state index contributed by atoms with van der Waals surface area (Å²) in [6.07, 6.45) is 0.0351. The van der Waals surface area contributed by atoms with Crippen molar-refractivity contribution in [2.75, 3.05) is 13.7 Å². The summed E-state index contributed by atoms with van der Waals surface area (Å²) in [7, 11) is 1.66. The predicted molar refractivity (Wildman–Crippen MR) is 70.0 cm³/mol. The van der Waals surface area contributed by atoms with E-state index in [0.29, 0.717) is 6.61 Å². The van der Waals surface area contributed by atoms with Crippen LogP contribution in [0.4, 0.5) is 0 Å². The maximum Gasteiger partial charge on any atom is 0.245 e. The topological polar surface area (TPSA) is 41.6 Å². The molecule has 2 rings (SSSR count). The van der Waals surface area contributed by atoms with Crippen LogP contribution in [0.3, 0.4) is 0 Å². The standard InChI is InChI=1S/C14H20N2O2/c1-10(9-18-3)16-11(2)15-13(14(16)17)12-7-5-4-6-8-12/h4-8,10-11,13,15H,9H2,1-3H3. The fourth-order valence-electron chi connectivity index (χ4n) is 2.54. The Morgan fingerprint density at radius 2 is 2.06 bits per heavy atom. The van der Waals surface area contributed by atoms with E-state index in [-0.39, 0.29) is 24.2 Å². The minimum Gasteiger partial charge on any atom is -0.383 e. The highest BCUT2D eigenvalue weighted by molar-refractivity contribution is 5.85. The van der Waals surface area contributed by atoms with Gasteiger partial charge < -0.3 is 9.64 Å². The second kappa shape index (κ2) is 5.50. The number of carbonyl (C=O) groups is 1. The van der Waals surface area contributed by atoms with E-state index in [4.69, 9.17) is 4.74 Å². The number of hydrogen-bond donors (Lipinski definition) is 1. The molecule has 1 aromatic carbocycles. The fraction of sp³-hybridized carbons (Fsp3) is 0.500. The number of rotatable bonds is 4. The summed E-state index contributed by atoms with van der Waals surface area (Å²) in [4.78, 5) is 14.3. The van der Waals surface area contributed by atoms with Gasteiger partial charge in [-0.25, -0.2) is 0 Å². The zero-order valence-electron chi connectivity index (χ0n) is 11.1. The lowest BCUT2D eigenvalue weighted by Crippen LogP contribution is -2.43. The normalized spacial score (nSPS) is 25.5. The van der Waals surface area contributed by atoms with Crippen molar-refractivity contribution in [3.8, 4) is 0 Å². The van der Waals surface area contributed by atoms with Gasteiger partial charge in [0.1, 0.15) is 6.04 Å². The van der Waals surface area contributed by atoms with E-state index in [0.717, 1.165) is 5.56 Å². The maximum atomic E-state index is 12.4. The zero-order valence-corrected chi connectivity index (χ0v) is 11.1. The van der Waals surface area contributed by atoms with Crippen LogP contribution in [0.5, 0.6) is 0 Å². The summed E-state index contributed by atoms with van der Waals surface area (Å²) in [6, 6.07) is 9.67. The van der Waals surface area contributed by atoms with Gasteiger partial charge >= 0.3 is 0 Å². The molecule has 1 N–H and O–H groups in total. The lowest BCUT2D eigenvalue weighted by molar-refractivity contribution is -0.132. The third-order valence-electron chi connectivity index (χ3n) is 3.34. The first-order valence-corrected chi connectivity index (χ1v) is 6.27. The van der Waals surface area contributed by atoms with Crippen molar-refractivity contribution in [2.24, 2.45) is 0 Å². The van der Waals surface area contributed by atoms with Crippen molar-refractivity contribution >= 4 is 5.91 Å². The van der Waals surface area contributed by atoms with Crippen LogP contribution in [0.15, 0.2) is 30.3 Å².